The minimum Gasteiger partial charge on any atom is -0.478 e. The third-order valence-electron chi connectivity index (χ3n) is 6.35. The maximum Gasteiger partial charge on any atom is 0.338 e. The van der Waals surface area contributed by atoms with E-state index in [4.69, 9.17) is 5.11 Å². The average Bonchev–Trinajstić information content (AvgIpc) is 3.17. The Bertz CT molecular complexity index is 1020. The number of nitrogens with zero attached hydrogens (tertiary/aromatic N) is 5. The number of para-hydroxylation sites is 1. The number of aromatic carboxylic acids is 1. The molecule has 0 radical (unpaired) electrons. The lowest BCUT2D eigenvalue weighted by atomic mass is 9.96. The molecule has 1 fully saturated rings. The predicted octanol–water partition coefficient (Wildman–Crippen LogP) is 3.89. The van der Waals surface area contributed by atoms with Gasteiger partial charge in [0.15, 0.2) is 0 Å². The predicted molar refractivity (Wildman–Crippen MR) is 122 cm³/mol. The van der Waals surface area contributed by atoms with Crippen LogP contribution in [0.3, 0.4) is 0 Å². The Morgan fingerprint density at radius 2 is 1.87 bits per heavy atom. The van der Waals surface area contributed by atoms with Crippen LogP contribution >= 0.6 is 0 Å². The zero-order chi connectivity index (χ0) is 21.8. The zero-order valence-corrected chi connectivity index (χ0v) is 18.4. The third-order valence-corrected chi connectivity index (χ3v) is 6.35. The molecule has 7 nitrogen and oxygen atoms in total. The Hall–Kier alpha value is -2.93. The summed E-state index contributed by atoms with van der Waals surface area (Å²) in [6.45, 7) is 10.3. The van der Waals surface area contributed by atoms with E-state index in [0.717, 1.165) is 52.1 Å². The molecule has 0 amide bonds. The number of benzene rings is 1. The Labute approximate surface area is 183 Å². The summed E-state index contributed by atoms with van der Waals surface area (Å²) < 4.78 is 2.34. The molecule has 1 saturated heterocycles. The summed E-state index contributed by atoms with van der Waals surface area (Å²) in [5, 5.41) is 10.4. The lowest BCUT2D eigenvalue weighted by molar-refractivity contribution is 0.0696. The van der Waals surface area contributed by atoms with Crippen LogP contribution < -0.4 is 4.90 Å². The van der Waals surface area contributed by atoms with Crippen LogP contribution in [0.5, 0.6) is 0 Å². The number of piperidine rings is 1. The lowest BCUT2D eigenvalue weighted by Gasteiger charge is -2.34. The Kier molecular flexibility index (Phi) is 6.51. The highest BCUT2D eigenvalue weighted by Gasteiger charge is 2.23. The van der Waals surface area contributed by atoms with Crippen molar-refractivity contribution in [1.29, 1.82) is 0 Å². The normalized spacial score (nSPS) is 15.1. The van der Waals surface area contributed by atoms with Crippen molar-refractivity contribution in [1.82, 2.24) is 19.4 Å². The number of hydrogen-bond donors (Lipinski definition) is 1. The van der Waals surface area contributed by atoms with Gasteiger partial charge in [-0.2, -0.15) is 0 Å². The van der Waals surface area contributed by atoms with E-state index in [2.05, 4.69) is 68.6 Å². The molecule has 3 aromatic rings. The van der Waals surface area contributed by atoms with E-state index in [1.807, 2.05) is 0 Å². The molecule has 164 valence electrons. The van der Waals surface area contributed by atoms with Gasteiger partial charge in [-0.15, -0.1) is 0 Å². The van der Waals surface area contributed by atoms with Crippen molar-refractivity contribution in [3.05, 3.63) is 54.0 Å². The molecule has 4 rings (SSSR count). The van der Waals surface area contributed by atoms with Gasteiger partial charge in [0.1, 0.15) is 0 Å². The summed E-state index contributed by atoms with van der Waals surface area (Å²) in [6.07, 6.45) is 7.28. The van der Waals surface area contributed by atoms with Gasteiger partial charge >= 0.3 is 5.97 Å². The molecule has 1 aromatic carbocycles. The van der Waals surface area contributed by atoms with Crippen LogP contribution in [0, 0.1) is 5.92 Å². The molecule has 0 bridgehead atoms. The minimum absolute atomic E-state index is 0.127. The van der Waals surface area contributed by atoms with E-state index in [0.29, 0.717) is 11.9 Å². The van der Waals surface area contributed by atoms with E-state index in [9.17, 15) is 4.79 Å². The van der Waals surface area contributed by atoms with E-state index < -0.39 is 5.97 Å². The number of anilines is 1. The molecule has 31 heavy (non-hydrogen) atoms. The molecule has 0 spiro atoms. The first-order chi connectivity index (χ1) is 15.1. The molecule has 0 atom stereocenters. The van der Waals surface area contributed by atoms with Gasteiger partial charge in [0.05, 0.1) is 5.56 Å². The fraction of sp³-hybridized carbons (Fsp3) is 0.458. The van der Waals surface area contributed by atoms with Crippen LogP contribution in [0.15, 0.2) is 42.9 Å². The monoisotopic (exact) mass is 421 g/mol. The van der Waals surface area contributed by atoms with E-state index in [1.54, 1.807) is 0 Å². The Balaban J connectivity index is 1.36. The summed E-state index contributed by atoms with van der Waals surface area (Å²) in [5.41, 5.74) is 2.85. The number of aromatic nitrogens is 3. The molecular formula is C24H31N5O2. The molecular weight excluding hydrogens is 390 g/mol. The standard InChI is InChI=1S/C24H31N5O2/c1-3-27(16-20-17-28(4-2)22-8-6-5-7-21(20)22)15-18-9-11-29(12-10-18)24-25-13-19(14-26-24)23(30)31/h5-8,13-14,17-18H,3-4,9-12,15-16H2,1-2H3,(H,30,31). The first-order valence-corrected chi connectivity index (χ1v) is 11.2. The molecule has 1 N–H and O–H groups in total. The highest BCUT2D eigenvalue weighted by Crippen LogP contribution is 2.25. The number of hydrogen-bond acceptors (Lipinski definition) is 5. The van der Waals surface area contributed by atoms with Crippen molar-refractivity contribution in [3.8, 4) is 0 Å². The second-order valence-electron chi connectivity index (χ2n) is 8.29. The van der Waals surface area contributed by atoms with E-state index in [-0.39, 0.29) is 5.56 Å². The lowest BCUT2D eigenvalue weighted by Crippen LogP contribution is -2.39. The summed E-state index contributed by atoms with van der Waals surface area (Å²) in [7, 11) is 0. The van der Waals surface area contributed by atoms with Crippen LogP contribution in [0.1, 0.15) is 42.6 Å². The van der Waals surface area contributed by atoms with Crippen molar-refractivity contribution < 1.29 is 9.90 Å². The number of rotatable bonds is 8. The van der Waals surface area contributed by atoms with Crippen molar-refractivity contribution >= 4 is 22.8 Å². The second kappa shape index (κ2) is 9.47. The molecule has 2 aromatic heterocycles. The maximum atomic E-state index is 11.0. The molecule has 0 aliphatic carbocycles. The number of aryl methyl sites for hydroxylation is 1. The fourth-order valence-corrected chi connectivity index (χ4v) is 4.53. The first kappa shape index (κ1) is 21.3. The Morgan fingerprint density at radius 1 is 1.16 bits per heavy atom. The average molecular weight is 422 g/mol. The summed E-state index contributed by atoms with van der Waals surface area (Å²) in [4.78, 5) is 24.2. The zero-order valence-electron chi connectivity index (χ0n) is 18.4. The molecule has 7 heteroatoms. The molecule has 1 aliphatic heterocycles. The van der Waals surface area contributed by atoms with Crippen LogP contribution in [-0.4, -0.2) is 56.7 Å². The third kappa shape index (κ3) is 4.71. The van der Waals surface area contributed by atoms with Gasteiger partial charge in [0.2, 0.25) is 5.95 Å². The quantitative estimate of drug-likeness (QED) is 0.595. The maximum absolute atomic E-state index is 11.0. The van der Waals surface area contributed by atoms with Crippen LogP contribution in [0.4, 0.5) is 5.95 Å². The summed E-state index contributed by atoms with van der Waals surface area (Å²) >= 11 is 0. The van der Waals surface area contributed by atoms with Crippen molar-refractivity contribution in [2.24, 2.45) is 5.92 Å². The smallest absolute Gasteiger partial charge is 0.338 e. The molecule has 0 unspecified atom stereocenters. The van der Waals surface area contributed by atoms with Crippen molar-refractivity contribution in [2.75, 3.05) is 31.1 Å². The summed E-state index contributed by atoms with van der Waals surface area (Å²) in [5.74, 6) is 0.282. The van der Waals surface area contributed by atoms with Gasteiger partial charge in [-0.05, 0) is 43.9 Å². The topological polar surface area (TPSA) is 74.5 Å². The van der Waals surface area contributed by atoms with Crippen LogP contribution in [0.2, 0.25) is 0 Å². The van der Waals surface area contributed by atoms with E-state index in [1.165, 1.54) is 28.9 Å². The van der Waals surface area contributed by atoms with Gasteiger partial charge in [-0.3, -0.25) is 4.90 Å². The van der Waals surface area contributed by atoms with Crippen LogP contribution in [0.25, 0.3) is 10.9 Å². The second-order valence-corrected chi connectivity index (χ2v) is 8.29. The number of carboxylic acid groups (broad SMARTS) is 1. The van der Waals surface area contributed by atoms with Crippen LogP contribution in [-0.2, 0) is 13.1 Å². The van der Waals surface area contributed by atoms with Gasteiger partial charge < -0.3 is 14.6 Å². The molecule has 1 aliphatic rings. The fourth-order valence-electron chi connectivity index (χ4n) is 4.53. The Morgan fingerprint density at radius 3 is 2.52 bits per heavy atom. The van der Waals surface area contributed by atoms with Gasteiger partial charge in [-0.25, -0.2) is 14.8 Å². The van der Waals surface area contributed by atoms with E-state index >= 15 is 0 Å². The number of carboxylic acids is 1. The van der Waals surface area contributed by atoms with Gasteiger partial charge in [0, 0.05) is 62.2 Å². The van der Waals surface area contributed by atoms with Gasteiger partial charge in [-0.1, -0.05) is 25.1 Å². The molecule has 0 saturated carbocycles. The first-order valence-electron chi connectivity index (χ1n) is 11.2. The minimum atomic E-state index is -0.994. The largest absolute Gasteiger partial charge is 0.478 e. The molecule has 3 heterocycles. The number of carbonyl (C=O) groups is 1. The van der Waals surface area contributed by atoms with Gasteiger partial charge in [0.25, 0.3) is 0 Å². The summed E-state index contributed by atoms with van der Waals surface area (Å²) in [6, 6.07) is 8.68. The SMILES string of the molecule is CCN(Cc1cn(CC)c2ccccc12)CC1CCN(c2ncc(C(=O)O)cn2)CC1. The highest BCUT2D eigenvalue weighted by atomic mass is 16.4. The van der Waals surface area contributed by atoms with Crippen molar-refractivity contribution in [3.63, 3.8) is 0 Å². The van der Waals surface area contributed by atoms with Crippen molar-refractivity contribution in [2.45, 2.75) is 39.8 Å². The number of fused-ring (bicyclic) bond motifs is 1. The highest BCUT2D eigenvalue weighted by molar-refractivity contribution is 5.86.